The van der Waals surface area contributed by atoms with E-state index in [2.05, 4.69) is 31.9 Å². The molecule has 0 saturated heterocycles. The van der Waals surface area contributed by atoms with Crippen LogP contribution in [0.25, 0.3) is 33.4 Å². The molecule has 9 heteroatoms. The number of hydrogen-bond donors (Lipinski definition) is 0. The summed E-state index contributed by atoms with van der Waals surface area (Å²) in [5.74, 6) is -1.18. The van der Waals surface area contributed by atoms with Gasteiger partial charge in [0.1, 0.15) is 0 Å². The van der Waals surface area contributed by atoms with E-state index >= 15 is 0 Å². The molecular formula is C20H9Br2HgO6-2. The van der Waals surface area contributed by atoms with Crippen LogP contribution in [0, 0.1) is 0 Å². The van der Waals surface area contributed by atoms with Gasteiger partial charge in [-0.05, 0) is 0 Å². The van der Waals surface area contributed by atoms with E-state index in [9.17, 15) is 19.8 Å². The Morgan fingerprint density at radius 2 is 1.72 bits per heavy atom. The molecule has 4 rings (SSSR count). The van der Waals surface area contributed by atoms with Gasteiger partial charge in [-0.15, -0.1) is 0 Å². The summed E-state index contributed by atoms with van der Waals surface area (Å²) in [6.07, 6.45) is 0. The third-order valence-electron chi connectivity index (χ3n) is 4.48. The number of carboxylic acid groups (broad SMARTS) is 1. The summed E-state index contributed by atoms with van der Waals surface area (Å²) in [5, 5.41) is 24.8. The molecule has 1 aliphatic heterocycles. The van der Waals surface area contributed by atoms with Crippen molar-refractivity contribution in [2.24, 2.45) is 0 Å². The summed E-state index contributed by atoms with van der Waals surface area (Å²) in [4.78, 5) is 23.9. The third kappa shape index (κ3) is 3.63. The van der Waals surface area contributed by atoms with E-state index < -0.39 is 5.97 Å². The maximum absolute atomic E-state index is 12.4. The quantitative estimate of drug-likeness (QED) is 0.233. The molecular weight excluding hydrogens is 697 g/mol. The van der Waals surface area contributed by atoms with Crippen LogP contribution in [0.3, 0.4) is 0 Å². The van der Waals surface area contributed by atoms with Gasteiger partial charge in [0.05, 0.1) is 0 Å². The van der Waals surface area contributed by atoms with Crippen LogP contribution in [-0.2, 0) is 26.1 Å². The standard InChI is InChI=1S/C20H9Br2O5.Hg.H2O/c21-13-5-11-17(7-15(13)23)27-18-8-16(24)14(22)6-12(18)19(11)9-3-1-2-4-10(9)20(25)26;;/h1-7,24H,(H,25,26);;1H2/p-2. The number of rotatable bonds is 2. The number of carbonyl (C=O) groups is 1. The van der Waals surface area contributed by atoms with Crippen molar-refractivity contribution in [1.29, 1.82) is 0 Å². The summed E-state index contributed by atoms with van der Waals surface area (Å²) in [6, 6.07) is 11.1. The zero-order valence-corrected chi connectivity index (χ0v) is 23.2. The van der Waals surface area contributed by atoms with Crippen molar-refractivity contribution in [1.82, 2.24) is 0 Å². The number of fused-ring (bicyclic) bond motifs is 2. The molecule has 29 heavy (non-hydrogen) atoms. The molecule has 0 radical (unpaired) electrons. The molecule has 2 aromatic carbocycles. The van der Waals surface area contributed by atoms with E-state index in [0.29, 0.717) is 39.7 Å². The van der Waals surface area contributed by atoms with E-state index in [0.717, 1.165) is 0 Å². The SMILES string of the molecule is O.O=C([O-])c1ccccc1-c1c2cc(Br)c(=O)cc-2oc2[c]([Hg])c([O-])c(Br)cc12. The summed E-state index contributed by atoms with van der Waals surface area (Å²) < 4.78 is 7.22. The fourth-order valence-corrected chi connectivity index (χ4v) is 6.79. The number of aromatic carboxylic acids is 1. The molecule has 143 valence electrons. The average Bonchev–Trinajstić information content (AvgIpc) is 2.66. The normalized spacial score (nSPS) is 10.9. The predicted molar refractivity (Wildman–Crippen MR) is 107 cm³/mol. The van der Waals surface area contributed by atoms with Crippen molar-refractivity contribution in [3.8, 4) is 28.2 Å². The second kappa shape index (κ2) is 8.18. The van der Waals surface area contributed by atoms with Gasteiger partial charge in [-0.25, -0.2) is 0 Å². The topological polar surface area (TPSA) is 125 Å². The van der Waals surface area contributed by atoms with Crippen molar-refractivity contribution in [3.63, 3.8) is 0 Å². The zero-order chi connectivity index (χ0) is 20.2. The summed E-state index contributed by atoms with van der Waals surface area (Å²) in [7, 11) is 0. The maximum atomic E-state index is 12.4. The van der Waals surface area contributed by atoms with E-state index in [4.69, 9.17) is 4.42 Å². The van der Waals surface area contributed by atoms with Gasteiger partial charge in [-0.3, -0.25) is 0 Å². The van der Waals surface area contributed by atoms with Crippen LogP contribution in [0.2, 0.25) is 0 Å². The molecule has 0 fully saturated rings. The van der Waals surface area contributed by atoms with E-state index in [1.165, 1.54) is 12.1 Å². The van der Waals surface area contributed by atoms with Crippen LogP contribution < -0.4 is 18.7 Å². The van der Waals surface area contributed by atoms with Crippen LogP contribution in [0.4, 0.5) is 0 Å². The predicted octanol–water partition coefficient (Wildman–Crippen LogP) is 1.87. The minimum atomic E-state index is -1.31. The first kappa shape index (κ1) is 22.0. The third-order valence-corrected chi connectivity index (χ3v) is 8.19. The van der Waals surface area contributed by atoms with Gasteiger partial charge >= 0.3 is 193 Å². The molecule has 0 atom stereocenters. The molecule has 2 aliphatic rings. The van der Waals surface area contributed by atoms with E-state index in [-0.39, 0.29) is 54.1 Å². The first-order chi connectivity index (χ1) is 13.3. The Hall–Kier alpha value is -1.74. The van der Waals surface area contributed by atoms with Crippen molar-refractivity contribution in [2.75, 3.05) is 0 Å². The van der Waals surface area contributed by atoms with Crippen molar-refractivity contribution in [3.05, 3.63) is 67.2 Å². The Morgan fingerprint density at radius 3 is 2.41 bits per heavy atom. The average molecular weight is 706 g/mol. The Morgan fingerprint density at radius 1 is 1.03 bits per heavy atom. The Bertz CT molecular complexity index is 1310. The Kier molecular flexibility index (Phi) is 6.19. The molecule has 0 spiro atoms. The van der Waals surface area contributed by atoms with Crippen LogP contribution in [-0.4, -0.2) is 11.4 Å². The first-order valence-corrected chi connectivity index (χ1v) is 12.4. The molecule has 0 bridgehead atoms. The molecule has 0 aromatic heterocycles. The first-order valence-electron chi connectivity index (χ1n) is 8.02. The fourth-order valence-electron chi connectivity index (χ4n) is 3.21. The summed E-state index contributed by atoms with van der Waals surface area (Å²) >= 11 is 6.47. The zero-order valence-electron chi connectivity index (χ0n) is 14.5. The fraction of sp³-hybridized carbons (Fsp3) is 0. The van der Waals surface area contributed by atoms with Crippen LogP contribution >= 0.6 is 31.9 Å². The van der Waals surface area contributed by atoms with E-state index in [1.54, 1.807) is 30.3 Å². The molecule has 1 aliphatic carbocycles. The van der Waals surface area contributed by atoms with Crippen LogP contribution in [0.1, 0.15) is 10.4 Å². The molecule has 2 N–H and O–H groups in total. The van der Waals surface area contributed by atoms with Crippen molar-refractivity contribution >= 4 is 51.9 Å². The van der Waals surface area contributed by atoms with Gasteiger partial charge in [-0.2, -0.15) is 0 Å². The number of carboxylic acids is 1. The van der Waals surface area contributed by atoms with Gasteiger partial charge in [0.15, 0.2) is 0 Å². The van der Waals surface area contributed by atoms with E-state index in [1.807, 2.05) is 0 Å². The minimum absolute atomic E-state index is 0. The number of hydrogen-bond acceptors (Lipinski definition) is 5. The molecule has 6 nitrogen and oxygen atoms in total. The van der Waals surface area contributed by atoms with Gasteiger partial charge in [0.25, 0.3) is 0 Å². The molecule has 1 heterocycles. The number of carbonyl (C=O) groups excluding carboxylic acids is 1. The summed E-state index contributed by atoms with van der Waals surface area (Å²) in [6.45, 7) is 0. The van der Waals surface area contributed by atoms with Crippen molar-refractivity contribution in [2.45, 2.75) is 0 Å². The van der Waals surface area contributed by atoms with Gasteiger partial charge in [-0.1, -0.05) is 0 Å². The van der Waals surface area contributed by atoms with Crippen LogP contribution in [0.15, 0.2) is 60.6 Å². The number of halogens is 2. The second-order valence-electron chi connectivity index (χ2n) is 6.13. The molecule has 0 saturated carbocycles. The van der Waals surface area contributed by atoms with Crippen molar-refractivity contribution < 1.29 is 51.0 Å². The molecule has 2 aromatic rings. The number of benzene rings is 3. The van der Waals surface area contributed by atoms with Gasteiger partial charge < -0.3 is 5.48 Å². The Labute approximate surface area is 197 Å². The molecule has 0 unspecified atom stereocenters. The molecule has 0 amide bonds. The Balaban J connectivity index is 0.00000240. The van der Waals surface area contributed by atoms with Crippen LogP contribution in [0.5, 0.6) is 5.75 Å². The summed E-state index contributed by atoms with van der Waals surface area (Å²) in [5.41, 5.74) is 1.69. The monoisotopic (exact) mass is 705 g/mol. The van der Waals surface area contributed by atoms with Gasteiger partial charge in [0.2, 0.25) is 0 Å². The van der Waals surface area contributed by atoms with Gasteiger partial charge in [0, 0.05) is 0 Å². The second-order valence-corrected chi connectivity index (χ2v) is 10.6.